The van der Waals surface area contributed by atoms with Gasteiger partial charge < -0.3 is 9.80 Å². The number of carbonyl (C=O) groups excluding carboxylic acids is 5. The lowest BCUT2D eigenvalue weighted by Gasteiger charge is -2.44. The van der Waals surface area contributed by atoms with Crippen LogP contribution < -0.4 is 20.0 Å². The van der Waals surface area contributed by atoms with E-state index in [-0.39, 0.29) is 24.3 Å². The number of rotatable bonds is 7. The van der Waals surface area contributed by atoms with Crippen LogP contribution in [0.25, 0.3) is 11.3 Å². The topological polar surface area (TPSA) is 163 Å². The van der Waals surface area contributed by atoms with E-state index in [1.54, 1.807) is 29.3 Å². The summed E-state index contributed by atoms with van der Waals surface area (Å²) in [7, 11) is 0. The van der Waals surface area contributed by atoms with E-state index in [2.05, 4.69) is 26.1 Å². The van der Waals surface area contributed by atoms with Crippen molar-refractivity contribution in [1.29, 1.82) is 5.26 Å². The number of imide groups is 2. The number of hydrogen-bond donors (Lipinski definition) is 1. The van der Waals surface area contributed by atoms with Gasteiger partial charge in [-0.3, -0.25) is 49.0 Å². The molecule has 3 aromatic rings. The number of nitrogens with zero attached hydrogens (tertiary/aromatic N) is 8. The van der Waals surface area contributed by atoms with Gasteiger partial charge in [-0.2, -0.15) is 5.26 Å². The fourth-order valence-corrected chi connectivity index (χ4v) is 9.12. The van der Waals surface area contributed by atoms with Crippen molar-refractivity contribution in [3.8, 4) is 17.3 Å². The summed E-state index contributed by atoms with van der Waals surface area (Å²) in [6.07, 6.45) is 6.61. The quantitative estimate of drug-likeness (QED) is 0.343. The van der Waals surface area contributed by atoms with E-state index in [1.165, 1.54) is 0 Å². The number of piperazine rings is 1. The highest BCUT2D eigenvalue weighted by Crippen LogP contribution is 2.46. The smallest absolute Gasteiger partial charge is 0.262 e. The predicted octanol–water partition coefficient (Wildman–Crippen LogP) is 4.12. The van der Waals surface area contributed by atoms with Gasteiger partial charge in [-0.15, -0.1) is 0 Å². The van der Waals surface area contributed by atoms with Crippen molar-refractivity contribution >= 4 is 58.3 Å². The van der Waals surface area contributed by atoms with E-state index in [0.717, 1.165) is 90.4 Å². The number of amides is 5. The molecular weight excluding hydrogens is 746 g/mol. The van der Waals surface area contributed by atoms with E-state index in [0.29, 0.717) is 34.9 Å². The molecule has 5 amide bonds. The zero-order valence-corrected chi connectivity index (χ0v) is 32.4. The van der Waals surface area contributed by atoms with Crippen LogP contribution in [0.3, 0.4) is 0 Å². The van der Waals surface area contributed by atoms with Crippen molar-refractivity contribution < 1.29 is 24.0 Å². The van der Waals surface area contributed by atoms with E-state index < -0.39 is 35.1 Å². The van der Waals surface area contributed by atoms with Crippen LogP contribution >= 0.6 is 11.6 Å². The fraction of sp³-hybridized carbons (Fsp3) is 0.381. The lowest BCUT2D eigenvalue weighted by molar-refractivity contribution is -0.136. The van der Waals surface area contributed by atoms with Crippen LogP contribution in [0.15, 0.2) is 71.2 Å². The standard InChI is InChI=1S/C42H40ClN9O5/c1-42(2)31-15-25(4-8-34(31)51(41(42)57)28-5-3-26(18-44)32(43)17-28)33-19-46-36(20-45-33)50-22-24(23-50)21-48-11-13-49(14-12-48)27-6-7-29-30(16-27)40(56)52(39(29)55)35-9-10-37(53)47-38(35)54/h4,6-8,15-17,19-20,24,35H,3,5,9-14,21-23H2,1-2H3,(H,47,53,54). The van der Waals surface area contributed by atoms with Crippen LogP contribution in [0.4, 0.5) is 17.2 Å². The molecule has 1 unspecified atom stereocenters. The third-order valence-corrected chi connectivity index (χ3v) is 12.5. The molecular formula is C42H40ClN9O5. The highest BCUT2D eigenvalue weighted by atomic mass is 35.5. The molecule has 1 N–H and O–H groups in total. The number of nitrogens with one attached hydrogen (secondary N) is 1. The zero-order chi connectivity index (χ0) is 39.7. The molecule has 5 aliphatic heterocycles. The summed E-state index contributed by atoms with van der Waals surface area (Å²) >= 11 is 6.37. The second-order valence-corrected chi connectivity index (χ2v) is 16.5. The summed E-state index contributed by atoms with van der Waals surface area (Å²) in [5.74, 6) is -0.709. The first kappa shape index (κ1) is 36.7. The largest absolute Gasteiger partial charge is 0.369 e. The van der Waals surface area contributed by atoms with Gasteiger partial charge in [0.15, 0.2) is 0 Å². The van der Waals surface area contributed by atoms with Crippen LogP contribution in [-0.4, -0.2) is 101 Å². The van der Waals surface area contributed by atoms with Gasteiger partial charge in [-0.1, -0.05) is 17.7 Å². The maximum Gasteiger partial charge on any atom is 0.262 e. The molecule has 6 heterocycles. The number of carbonyl (C=O) groups is 5. The summed E-state index contributed by atoms with van der Waals surface area (Å²) in [5, 5.41) is 12.0. The lowest BCUT2D eigenvalue weighted by atomic mass is 9.85. The van der Waals surface area contributed by atoms with Crippen LogP contribution in [0.5, 0.6) is 0 Å². The number of halogens is 1. The van der Waals surface area contributed by atoms with Gasteiger partial charge in [-0.05, 0) is 75.1 Å². The van der Waals surface area contributed by atoms with E-state index in [1.807, 2.05) is 44.3 Å². The minimum atomic E-state index is -0.980. The van der Waals surface area contributed by atoms with Gasteiger partial charge in [0.25, 0.3) is 11.8 Å². The molecule has 15 heteroatoms. The molecule has 0 radical (unpaired) electrons. The summed E-state index contributed by atoms with van der Waals surface area (Å²) in [6, 6.07) is 12.4. The molecule has 1 atom stereocenters. The Kier molecular flexibility index (Phi) is 8.97. The molecule has 1 aromatic heterocycles. The van der Waals surface area contributed by atoms with Gasteiger partial charge in [0, 0.05) is 80.7 Å². The molecule has 2 aromatic carbocycles. The molecule has 3 saturated heterocycles. The zero-order valence-electron chi connectivity index (χ0n) is 31.6. The summed E-state index contributed by atoms with van der Waals surface area (Å²) in [5.41, 5.74) is 5.36. The Morgan fingerprint density at radius 3 is 2.37 bits per heavy atom. The number of fused-ring (bicyclic) bond motifs is 2. The van der Waals surface area contributed by atoms with Crippen molar-refractivity contribution in [3.63, 3.8) is 0 Å². The molecule has 6 aliphatic rings. The SMILES string of the molecule is CC1(C)C(=O)N(C2=CC(Cl)=C(C#N)CC2)c2ccc(-c3cnc(N4CC(CN5CCN(c6ccc7c(c6)C(=O)N(C6CCC(=O)NC6=O)C7=O)CC5)C4)cn3)cc21. The summed E-state index contributed by atoms with van der Waals surface area (Å²) < 4.78 is 0. The Hall–Kier alpha value is -5.91. The number of benzene rings is 2. The number of hydrogen-bond acceptors (Lipinski definition) is 11. The van der Waals surface area contributed by atoms with Crippen LogP contribution in [0.1, 0.15) is 65.8 Å². The molecule has 3 fully saturated rings. The second-order valence-electron chi connectivity index (χ2n) is 16.1. The van der Waals surface area contributed by atoms with Crippen molar-refractivity contribution in [3.05, 3.63) is 87.9 Å². The number of allylic oxidation sites excluding steroid dienone is 4. The Balaban J connectivity index is 0.784. The molecule has 0 bridgehead atoms. The normalized spacial score (nSPS) is 22.4. The molecule has 57 heavy (non-hydrogen) atoms. The van der Waals surface area contributed by atoms with E-state index in [9.17, 15) is 29.2 Å². The molecule has 9 rings (SSSR count). The predicted molar refractivity (Wildman–Crippen MR) is 211 cm³/mol. The number of anilines is 3. The molecule has 0 saturated carbocycles. The highest BCUT2D eigenvalue weighted by molar-refractivity contribution is 6.32. The van der Waals surface area contributed by atoms with Crippen molar-refractivity contribution in [2.45, 2.75) is 51.0 Å². The molecule has 0 spiro atoms. The minimum absolute atomic E-state index is 0.0291. The van der Waals surface area contributed by atoms with E-state index in [4.69, 9.17) is 21.6 Å². The maximum atomic E-state index is 13.7. The fourth-order valence-electron chi connectivity index (χ4n) is 8.86. The van der Waals surface area contributed by atoms with Gasteiger partial charge in [-0.25, -0.2) is 4.98 Å². The van der Waals surface area contributed by atoms with Crippen molar-refractivity contribution in [2.75, 3.05) is 60.5 Å². The number of aromatic nitrogens is 2. The molecule has 14 nitrogen and oxygen atoms in total. The van der Waals surface area contributed by atoms with Crippen LogP contribution in [0.2, 0.25) is 0 Å². The molecule has 1 aliphatic carbocycles. The first-order chi connectivity index (χ1) is 27.4. The Bertz CT molecular complexity index is 2370. The highest BCUT2D eigenvalue weighted by Gasteiger charge is 2.47. The first-order valence-corrected chi connectivity index (χ1v) is 19.7. The monoisotopic (exact) mass is 785 g/mol. The first-order valence-electron chi connectivity index (χ1n) is 19.3. The number of nitriles is 1. The maximum absolute atomic E-state index is 13.7. The third-order valence-electron chi connectivity index (χ3n) is 12.2. The van der Waals surface area contributed by atoms with Crippen molar-refractivity contribution in [2.24, 2.45) is 5.92 Å². The Labute approximate surface area is 334 Å². The van der Waals surface area contributed by atoms with E-state index >= 15 is 0 Å². The van der Waals surface area contributed by atoms with Crippen LogP contribution in [0, 0.1) is 17.2 Å². The molecule has 290 valence electrons. The van der Waals surface area contributed by atoms with Gasteiger partial charge in [0.2, 0.25) is 17.7 Å². The van der Waals surface area contributed by atoms with Gasteiger partial charge >= 0.3 is 0 Å². The summed E-state index contributed by atoms with van der Waals surface area (Å²) in [4.78, 5) is 83.3. The average Bonchev–Trinajstić information content (AvgIpc) is 3.56. The third kappa shape index (κ3) is 6.25. The minimum Gasteiger partial charge on any atom is -0.369 e. The summed E-state index contributed by atoms with van der Waals surface area (Å²) in [6.45, 7) is 9.87. The average molecular weight is 786 g/mol. The van der Waals surface area contributed by atoms with Gasteiger partial charge in [0.05, 0.1) is 51.4 Å². The van der Waals surface area contributed by atoms with Crippen LogP contribution in [-0.2, 0) is 19.8 Å². The Morgan fingerprint density at radius 1 is 0.895 bits per heavy atom. The Morgan fingerprint density at radius 2 is 1.67 bits per heavy atom. The van der Waals surface area contributed by atoms with Crippen molar-refractivity contribution in [1.82, 2.24) is 25.1 Å². The lowest BCUT2D eigenvalue weighted by Crippen LogP contribution is -2.55. The van der Waals surface area contributed by atoms with Gasteiger partial charge in [0.1, 0.15) is 11.9 Å². The number of piperidine rings is 1. The second kappa shape index (κ2) is 13.9.